The third kappa shape index (κ3) is 2.98. The van der Waals surface area contributed by atoms with E-state index in [0.717, 1.165) is 28.5 Å². The average molecular weight is 259 g/mol. The topological polar surface area (TPSA) is 42.2 Å². The van der Waals surface area contributed by atoms with Crippen LogP contribution in [0, 0.1) is 13.8 Å². The SMILES string of the molecule is CCC(C)NC(=O)Cc1coc2cc(C)cc(C)c12. The van der Waals surface area contributed by atoms with E-state index in [0.29, 0.717) is 6.42 Å². The second kappa shape index (κ2) is 5.47. The first-order chi connectivity index (χ1) is 9.01. The van der Waals surface area contributed by atoms with E-state index in [1.165, 1.54) is 5.56 Å². The fraction of sp³-hybridized carbons (Fsp3) is 0.438. The summed E-state index contributed by atoms with van der Waals surface area (Å²) < 4.78 is 5.56. The molecule has 0 saturated carbocycles. The van der Waals surface area contributed by atoms with Crippen molar-refractivity contribution < 1.29 is 9.21 Å². The van der Waals surface area contributed by atoms with Gasteiger partial charge in [0.05, 0.1) is 12.7 Å². The summed E-state index contributed by atoms with van der Waals surface area (Å²) in [7, 11) is 0. The van der Waals surface area contributed by atoms with E-state index in [-0.39, 0.29) is 11.9 Å². The van der Waals surface area contributed by atoms with Crippen molar-refractivity contribution in [3.05, 3.63) is 35.1 Å². The number of carbonyl (C=O) groups excluding carboxylic acids is 1. The van der Waals surface area contributed by atoms with E-state index in [1.807, 2.05) is 19.9 Å². The number of carbonyl (C=O) groups is 1. The molecule has 0 fully saturated rings. The minimum absolute atomic E-state index is 0.0528. The molecule has 1 aromatic carbocycles. The lowest BCUT2D eigenvalue weighted by molar-refractivity contribution is -0.121. The van der Waals surface area contributed by atoms with Crippen LogP contribution in [0.2, 0.25) is 0 Å². The standard InChI is InChI=1S/C16H21NO2/c1-5-12(4)17-15(18)8-13-9-19-14-7-10(2)6-11(3)16(13)14/h6-7,9,12H,5,8H2,1-4H3,(H,17,18). The predicted molar refractivity (Wildman–Crippen MR) is 77.3 cm³/mol. The quantitative estimate of drug-likeness (QED) is 0.913. The Morgan fingerprint density at radius 3 is 2.79 bits per heavy atom. The number of hydrogen-bond acceptors (Lipinski definition) is 2. The van der Waals surface area contributed by atoms with Gasteiger partial charge in [-0.1, -0.05) is 13.0 Å². The molecule has 0 saturated heterocycles. The fourth-order valence-corrected chi connectivity index (χ4v) is 2.36. The lowest BCUT2D eigenvalue weighted by Crippen LogP contribution is -2.33. The number of nitrogens with one attached hydrogen (secondary N) is 1. The summed E-state index contributed by atoms with van der Waals surface area (Å²) in [6, 6.07) is 4.35. The van der Waals surface area contributed by atoms with Gasteiger partial charge in [0.2, 0.25) is 5.91 Å². The van der Waals surface area contributed by atoms with Crippen LogP contribution in [-0.2, 0) is 11.2 Å². The number of amides is 1. The van der Waals surface area contributed by atoms with Crippen molar-refractivity contribution in [1.82, 2.24) is 5.32 Å². The Hall–Kier alpha value is -1.77. The van der Waals surface area contributed by atoms with Crippen LogP contribution in [0.3, 0.4) is 0 Å². The van der Waals surface area contributed by atoms with Crippen molar-refractivity contribution >= 4 is 16.9 Å². The second-order valence-electron chi connectivity index (χ2n) is 5.27. The van der Waals surface area contributed by atoms with E-state index < -0.39 is 0 Å². The first-order valence-electron chi connectivity index (χ1n) is 6.78. The maximum Gasteiger partial charge on any atom is 0.224 e. The lowest BCUT2D eigenvalue weighted by Gasteiger charge is -2.10. The zero-order chi connectivity index (χ0) is 14.0. The molecule has 0 bridgehead atoms. The zero-order valence-electron chi connectivity index (χ0n) is 12.0. The maximum absolute atomic E-state index is 11.9. The number of fused-ring (bicyclic) bond motifs is 1. The molecule has 0 aliphatic heterocycles. The van der Waals surface area contributed by atoms with Gasteiger partial charge in [-0.2, -0.15) is 0 Å². The Labute approximate surface area is 114 Å². The minimum atomic E-state index is 0.0528. The normalized spacial score (nSPS) is 12.6. The van der Waals surface area contributed by atoms with Crippen molar-refractivity contribution in [2.45, 2.75) is 46.6 Å². The van der Waals surface area contributed by atoms with Crippen LogP contribution in [0.15, 0.2) is 22.8 Å². The van der Waals surface area contributed by atoms with Crippen LogP contribution in [0.4, 0.5) is 0 Å². The summed E-state index contributed by atoms with van der Waals surface area (Å²) in [5, 5.41) is 4.06. The van der Waals surface area contributed by atoms with E-state index in [1.54, 1.807) is 6.26 Å². The first-order valence-corrected chi connectivity index (χ1v) is 6.78. The van der Waals surface area contributed by atoms with Gasteiger partial charge in [0.1, 0.15) is 5.58 Å². The molecular weight excluding hydrogens is 238 g/mol. The summed E-state index contributed by atoms with van der Waals surface area (Å²) in [4.78, 5) is 11.9. The van der Waals surface area contributed by atoms with Crippen LogP contribution in [0.25, 0.3) is 11.0 Å². The molecule has 2 aromatic rings. The van der Waals surface area contributed by atoms with E-state index in [2.05, 4.69) is 25.2 Å². The van der Waals surface area contributed by atoms with Gasteiger partial charge in [0, 0.05) is 17.0 Å². The molecule has 1 unspecified atom stereocenters. The molecule has 0 radical (unpaired) electrons. The summed E-state index contributed by atoms with van der Waals surface area (Å²) >= 11 is 0. The smallest absolute Gasteiger partial charge is 0.224 e. The Morgan fingerprint density at radius 2 is 2.11 bits per heavy atom. The number of aryl methyl sites for hydroxylation is 2. The first kappa shape index (κ1) is 13.7. The van der Waals surface area contributed by atoms with Gasteiger partial charge in [-0.05, 0) is 44.4 Å². The van der Waals surface area contributed by atoms with Crippen LogP contribution in [0.5, 0.6) is 0 Å². The fourth-order valence-electron chi connectivity index (χ4n) is 2.36. The number of furan rings is 1. The van der Waals surface area contributed by atoms with Crippen molar-refractivity contribution in [2.24, 2.45) is 0 Å². The third-order valence-corrected chi connectivity index (χ3v) is 3.46. The molecule has 102 valence electrons. The van der Waals surface area contributed by atoms with Gasteiger partial charge in [0.15, 0.2) is 0 Å². The van der Waals surface area contributed by atoms with E-state index >= 15 is 0 Å². The van der Waals surface area contributed by atoms with Crippen LogP contribution >= 0.6 is 0 Å². The minimum Gasteiger partial charge on any atom is -0.464 e. The largest absolute Gasteiger partial charge is 0.464 e. The summed E-state index contributed by atoms with van der Waals surface area (Å²) in [6.07, 6.45) is 3.02. The van der Waals surface area contributed by atoms with Crippen molar-refractivity contribution in [3.8, 4) is 0 Å². The number of benzene rings is 1. The summed E-state index contributed by atoms with van der Waals surface area (Å²) in [5.74, 6) is 0.0528. The van der Waals surface area contributed by atoms with E-state index in [4.69, 9.17) is 4.42 Å². The molecule has 1 amide bonds. The van der Waals surface area contributed by atoms with Gasteiger partial charge in [-0.25, -0.2) is 0 Å². The molecule has 0 aliphatic carbocycles. The molecule has 1 N–H and O–H groups in total. The van der Waals surface area contributed by atoms with Gasteiger partial charge < -0.3 is 9.73 Å². The molecule has 0 aliphatic rings. The van der Waals surface area contributed by atoms with Gasteiger partial charge in [-0.3, -0.25) is 4.79 Å². The lowest BCUT2D eigenvalue weighted by atomic mass is 10.0. The third-order valence-electron chi connectivity index (χ3n) is 3.46. The summed E-state index contributed by atoms with van der Waals surface area (Å²) in [5.41, 5.74) is 4.17. The molecule has 0 spiro atoms. The van der Waals surface area contributed by atoms with Gasteiger partial charge >= 0.3 is 0 Å². The second-order valence-corrected chi connectivity index (χ2v) is 5.27. The molecule has 19 heavy (non-hydrogen) atoms. The average Bonchev–Trinajstić information content (AvgIpc) is 2.71. The van der Waals surface area contributed by atoms with Crippen LogP contribution in [-0.4, -0.2) is 11.9 Å². The Balaban J connectivity index is 2.24. The van der Waals surface area contributed by atoms with E-state index in [9.17, 15) is 4.79 Å². The molecule has 1 heterocycles. The van der Waals surface area contributed by atoms with Gasteiger partial charge in [-0.15, -0.1) is 0 Å². The Kier molecular flexibility index (Phi) is 3.93. The van der Waals surface area contributed by atoms with Gasteiger partial charge in [0.25, 0.3) is 0 Å². The molecule has 3 heteroatoms. The highest BCUT2D eigenvalue weighted by Gasteiger charge is 2.13. The number of hydrogen-bond donors (Lipinski definition) is 1. The predicted octanol–water partition coefficient (Wildman–Crippen LogP) is 3.51. The van der Waals surface area contributed by atoms with Crippen molar-refractivity contribution in [3.63, 3.8) is 0 Å². The molecule has 2 rings (SSSR count). The van der Waals surface area contributed by atoms with Crippen molar-refractivity contribution in [1.29, 1.82) is 0 Å². The highest BCUT2D eigenvalue weighted by atomic mass is 16.3. The highest BCUT2D eigenvalue weighted by molar-refractivity contribution is 5.90. The van der Waals surface area contributed by atoms with Crippen LogP contribution < -0.4 is 5.32 Å². The molecule has 3 nitrogen and oxygen atoms in total. The molecular formula is C16H21NO2. The Bertz CT molecular complexity index is 598. The zero-order valence-corrected chi connectivity index (χ0v) is 12.0. The highest BCUT2D eigenvalue weighted by Crippen LogP contribution is 2.26. The van der Waals surface area contributed by atoms with Crippen LogP contribution in [0.1, 0.15) is 37.0 Å². The number of rotatable bonds is 4. The maximum atomic E-state index is 11.9. The van der Waals surface area contributed by atoms with Crippen molar-refractivity contribution in [2.75, 3.05) is 0 Å². The Morgan fingerprint density at radius 1 is 1.37 bits per heavy atom. The molecule has 1 atom stereocenters. The summed E-state index contributed by atoms with van der Waals surface area (Å²) in [6.45, 7) is 8.18. The monoisotopic (exact) mass is 259 g/mol. The molecule has 1 aromatic heterocycles.